The molecule has 0 unspecified atom stereocenters. The van der Waals surface area contributed by atoms with E-state index in [1.54, 1.807) is 0 Å². The molecular formula is C26H38N4O5. The van der Waals surface area contributed by atoms with E-state index in [1.165, 1.54) is 71.2 Å². The fourth-order valence-corrected chi connectivity index (χ4v) is 4.72. The Kier molecular flexibility index (Phi) is 11.2. The molecule has 2 aromatic heterocycles. The summed E-state index contributed by atoms with van der Waals surface area (Å²) in [6.07, 6.45) is 12.7. The summed E-state index contributed by atoms with van der Waals surface area (Å²) in [5, 5.41) is 20.2. The van der Waals surface area contributed by atoms with Crippen molar-refractivity contribution < 1.29 is 24.5 Å². The molecule has 3 heterocycles. The molecule has 0 bridgehead atoms. The maximum atomic E-state index is 9.55. The third kappa shape index (κ3) is 9.79. The number of nitrogens with zero attached hydrogens (tertiary/aromatic N) is 4. The number of piperazine rings is 1. The molecule has 35 heavy (non-hydrogen) atoms. The molecule has 0 amide bonds. The molecule has 192 valence electrons. The molecule has 2 fully saturated rings. The van der Waals surface area contributed by atoms with Crippen LogP contribution in [0.5, 0.6) is 0 Å². The largest absolute Gasteiger partial charge is 0.478 e. The van der Waals surface area contributed by atoms with Crippen LogP contribution < -0.4 is 0 Å². The first-order valence-corrected chi connectivity index (χ1v) is 12.6. The first-order valence-electron chi connectivity index (χ1n) is 12.6. The number of rotatable bonds is 10. The first kappa shape index (κ1) is 26.8. The van der Waals surface area contributed by atoms with E-state index in [9.17, 15) is 9.59 Å². The van der Waals surface area contributed by atoms with E-state index >= 15 is 0 Å². The molecule has 2 aromatic rings. The first-order chi connectivity index (χ1) is 17.0. The van der Waals surface area contributed by atoms with Gasteiger partial charge in [-0.25, -0.2) is 14.1 Å². The number of carboxylic acids is 2. The molecule has 0 spiro atoms. The van der Waals surface area contributed by atoms with Crippen LogP contribution in [0.3, 0.4) is 0 Å². The van der Waals surface area contributed by atoms with Gasteiger partial charge in [0.2, 0.25) is 0 Å². The molecular weight excluding hydrogens is 448 g/mol. The lowest BCUT2D eigenvalue weighted by Crippen LogP contribution is -2.50. The van der Waals surface area contributed by atoms with E-state index in [4.69, 9.17) is 14.9 Å². The monoisotopic (exact) mass is 486 g/mol. The van der Waals surface area contributed by atoms with Gasteiger partial charge >= 0.3 is 11.9 Å². The van der Waals surface area contributed by atoms with Crippen molar-refractivity contribution in [2.24, 2.45) is 0 Å². The summed E-state index contributed by atoms with van der Waals surface area (Å²) >= 11 is 0. The summed E-state index contributed by atoms with van der Waals surface area (Å²) in [5.41, 5.74) is 2.14. The van der Waals surface area contributed by atoms with Crippen LogP contribution in [-0.2, 0) is 20.9 Å². The summed E-state index contributed by atoms with van der Waals surface area (Å²) < 4.78 is 7.74. The molecule has 1 aliphatic carbocycles. The predicted molar refractivity (Wildman–Crippen MR) is 133 cm³/mol. The predicted octanol–water partition coefficient (Wildman–Crippen LogP) is 3.29. The summed E-state index contributed by atoms with van der Waals surface area (Å²) in [5.74, 6) is -2.51. The van der Waals surface area contributed by atoms with Crippen molar-refractivity contribution >= 4 is 17.5 Å². The van der Waals surface area contributed by atoms with Gasteiger partial charge in [-0.1, -0.05) is 25.3 Å². The van der Waals surface area contributed by atoms with Gasteiger partial charge in [0.05, 0.1) is 17.8 Å². The normalized spacial score (nSPS) is 17.9. The molecule has 1 saturated heterocycles. The van der Waals surface area contributed by atoms with Crippen molar-refractivity contribution in [2.45, 2.75) is 57.6 Å². The second kappa shape index (κ2) is 14.6. The van der Waals surface area contributed by atoms with Gasteiger partial charge in [-0.3, -0.25) is 4.90 Å². The fourth-order valence-electron chi connectivity index (χ4n) is 4.72. The van der Waals surface area contributed by atoms with Crippen molar-refractivity contribution in [3.05, 3.63) is 48.3 Å². The zero-order valence-electron chi connectivity index (χ0n) is 20.4. The van der Waals surface area contributed by atoms with Crippen LogP contribution in [0.2, 0.25) is 0 Å². The van der Waals surface area contributed by atoms with Crippen LogP contribution in [0, 0.1) is 0 Å². The Balaban J connectivity index is 0.000000371. The van der Waals surface area contributed by atoms with Crippen LogP contribution in [0.4, 0.5) is 0 Å². The van der Waals surface area contributed by atoms with Crippen molar-refractivity contribution in [1.82, 2.24) is 19.4 Å². The summed E-state index contributed by atoms with van der Waals surface area (Å²) in [6.45, 7) is 7.70. The smallest absolute Gasteiger partial charge is 0.328 e. The summed E-state index contributed by atoms with van der Waals surface area (Å²) in [6, 6.07) is 9.10. The second-order valence-corrected chi connectivity index (χ2v) is 9.14. The number of aliphatic carboxylic acids is 2. The van der Waals surface area contributed by atoms with E-state index < -0.39 is 11.9 Å². The molecule has 9 nitrogen and oxygen atoms in total. The van der Waals surface area contributed by atoms with Gasteiger partial charge in [0.1, 0.15) is 0 Å². The molecule has 0 aromatic carbocycles. The molecule has 0 atom stereocenters. The van der Waals surface area contributed by atoms with Gasteiger partial charge < -0.3 is 19.8 Å². The van der Waals surface area contributed by atoms with Crippen LogP contribution in [0.15, 0.2) is 42.6 Å². The lowest BCUT2D eigenvalue weighted by molar-refractivity contribution is -0.134. The molecule has 9 heteroatoms. The summed E-state index contributed by atoms with van der Waals surface area (Å²) in [7, 11) is 0. The molecule has 4 rings (SSSR count). The van der Waals surface area contributed by atoms with Crippen LogP contribution in [0.1, 0.15) is 50.6 Å². The van der Waals surface area contributed by atoms with Gasteiger partial charge in [0, 0.05) is 57.2 Å². The zero-order chi connectivity index (χ0) is 24.9. The third-order valence-electron chi connectivity index (χ3n) is 6.55. The van der Waals surface area contributed by atoms with Crippen molar-refractivity contribution in [1.29, 1.82) is 0 Å². The van der Waals surface area contributed by atoms with Gasteiger partial charge in [0.15, 0.2) is 0 Å². The van der Waals surface area contributed by atoms with Gasteiger partial charge in [-0.05, 0) is 50.4 Å². The van der Waals surface area contributed by atoms with E-state index in [1.807, 2.05) is 22.8 Å². The Labute approximate surface area is 207 Å². The number of unbranched alkanes of at least 4 members (excludes halogenated alkanes) is 1. The number of carbonyl (C=O) groups is 2. The van der Waals surface area contributed by atoms with E-state index in [0.717, 1.165) is 30.3 Å². The lowest BCUT2D eigenvalue weighted by atomic mass is 9.94. The topological polar surface area (TPSA) is 108 Å². The van der Waals surface area contributed by atoms with E-state index in [-0.39, 0.29) is 0 Å². The van der Waals surface area contributed by atoms with Crippen molar-refractivity contribution in [2.75, 3.05) is 39.3 Å². The highest BCUT2D eigenvalue weighted by atomic mass is 16.5. The Morgan fingerprint density at radius 2 is 1.71 bits per heavy atom. The minimum Gasteiger partial charge on any atom is -0.478 e. The van der Waals surface area contributed by atoms with E-state index in [2.05, 4.69) is 27.0 Å². The molecule has 1 aliphatic heterocycles. The number of fused-ring (bicyclic) bond motifs is 1. The third-order valence-corrected chi connectivity index (χ3v) is 6.55. The molecule has 2 N–H and O–H groups in total. The van der Waals surface area contributed by atoms with Crippen LogP contribution >= 0.6 is 0 Å². The number of hydrogen-bond donors (Lipinski definition) is 2. The molecule has 2 aliphatic rings. The Bertz CT molecular complexity index is 897. The fraction of sp³-hybridized carbons (Fsp3) is 0.577. The lowest BCUT2D eigenvalue weighted by Gasteiger charge is -2.40. The Morgan fingerprint density at radius 1 is 1.00 bits per heavy atom. The van der Waals surface area contributed by atoms with Gasteiger partial charge in [0.25, 0.3) is 0 Å². The SMILES string of the molecule is O=C(O)/C=C\C(=O)O.c1ccn2nc(COCCCCN3CCN(C4CCCCC4)CC3)cc2c1. The molecule has 0 radical (unpaired) electrons. The van der Waals surface area contributed by atoms with Crippen LogP contribution in [0.25, 0.3) is 5.52 Å². The quantitative estimate of drug-likeness (QED) is 0.389. The highest BCUT2D eigenvalue weighted by molar-refractivity contribution is 5.89. The highest BCUT2D eigenvalue weighted by Crippen LogP contribution is 2.23. The van der Waals surface area contributed by atoms with Crippen LogP contribution in [-0.4, -0.2) is 86.9 Å². The zero-order valence-corrected chi connectivity index (χ0v) is 20.4. The maximum Gasteiger partial charge on any atom is 0.328 e. The maximum absolute atomic E-state index is 9.55. The number of pyridine rings is 1. The Hall–Kier alpha value is -2.75. The number of ether oxygens (including phenoxy) is 1. The number of carboxylic acid groups (broad SMARTS) is 2. The Morgan fingerprint density at radius 3 is 2.37 bits per heavy atom. The number of aromatic nitrogens is 2. The average Bonchev–Trinajstić information content (AvgIpc) is 3.29. The minimum atomic E-state index is -1.26. The highest BCUT2D eigenvalue weighted by Gasteiger charge is 2.24. The van der Waals surface area contributed by atoms with Crippen molar-refractivity contribution in [3.63, 3.8) is 0 Å². The standard InChI is InChI=1S/C22H34N4O.C4H4O4/c1-2-8-21(9-3-1)25-15-13-24(14-16-25)11-6-7-17-27-19-20-18-22-10-4-5-12-26(22)23-20;5-3(6)1-2-4(7)8/h4-5,10,12,18,21H,1-3,6-9,11,13-17,19H2;1-2H,(H,5,6)(H,7,8)/b;2-1-. The minimum absolute atomic E-state index is 0.558. The van der Waals surface area contributed by atoms with Crippen molar-refractivity contribution in [3.8, 4) is 0 Å². The number of hydrogen-bond acceptors (Lipinski definition) is 6. The average molecular weight is 487 g/mol. The van der Waals surface area contributed by atoms with E-state index in [0.29, 0.717) is 18.8 Å². The van der Waals surface area contributed by atoms with Gasteiger partial charge in [-0.2, -0.15) is 5.10 Å². The second-order valence-electron chi connectivity index (χ2n) is 9.14. The summed E-state index contributed by atoms with van der Waals surface area (Å²) in [4.78, 5) is 24.5. The molecule has 1 saturated carbocycles. The van der Waals surface area contributed by atoms with Gasteiger partial charge in [-0.15, -0.1) is 0 Å².